The SMILES string of the molecule is CC1(C)C[C@@H](n2c(Nc3ccc(OC(F)(F)F)cc3)nc3cnccc32)C[C@@](C)(CO)C1. The number of anilines is 2. The molecule has 1 aliphatic rings. The second-order valence-electron chi connectivity index (χ2n) is 9.74. The van der Waals surface area contributed by atoms with Gasteiger partial charge in [0.05, 0.1) is 11.7 Å². The molecule has 1 fully saturated rings. The van der Waals surface area contributed by atoms with Crippen LogP contribution in [0.15, 0.2) is 42.7 Å². The van der Waals surface area contributed by atoms with E-state index in [1.54, 1.807) is 12.4 Å². The fourth-order valence-electron chi connectivity index (χ4n) is 5.16. The molecule has 4 rings (SSSR count). The number of halogens is 3. The standard InChI is InChI=1S/C23H27F3N4O2/c1-21(2)10-16(11-22(3,13-21)14-31)30-19-8-9-27-12-18(19)29-20(30)28-15-4-6-17(7-5-15)32-23(24,25)26/h4-9,12,16,31H,10-11,13-14H2,1-3H3,(H,28,29)/t16-,22-/m1/s1. The molecule has 172 valence electrons. The molecule has 0 radical (unpaired) electrons. The number of imidazole rings is 1. The highest BCUT2D eigenvalue weighted by atomic mass is 19.4. The van der Waals surface area contributed by atoms with Gasteiger partial charge < -0.3 is 19.7 Å². The number of ether oxygens (including phenoxy) is 1. The van der Waals surface area contributed by atoms with Gasteiger partial charge in [-0.15, -0.1) is 13.2 Å². The van der Waals surface area contributed by atoms with Crippen molar-refractivity contribution in [1.29, 1.82) is 0 Å². The first-order valence-electron chi connectivity index (χ1n) is 10.5. The third-order valence-corrected chi connectivity index (χ3v) is 6.00. The first kappa shape index (κ1) is 22.4. The minimum absolute atomic E-state index is 0.0257. The van der Waals surface area contributed by atoms with Crippen LogP contribution in [0.1, 0.15) is 46.1 Å². The molecule has 0 bridgehead atoms. The molecule has 2 N–H and O–H groups in total. The van der Waals surface area contributed by atoms with Crippen LogP contribution in [0, 0.1) is 10.8 Å². The summed E-state index contributed by atoms with van der Waals surface area (Å²) < 4.78 is 43.4. The molecular weight excluding hydrogens is 421 g/mol. The second-order valence-corrected chi connectivity index (χ2v) is 9.74. The van der Waals surface area contributed by atoms with Crippen molar-refractivity contribution in [2.24, 2.45) is 10.8 Å². The van der Waals surface area contributed by atoms with E-state index in [4.69, 9.17) is 4.98 Å². The van der Waals surface area contributed by atoms with Gasteiger partial charge in [-0.05, 0) is 60.4 Å². The average Bonchev–Trinajstić information content (AvgIpc) is 3.05. The summed E-state index contributed by atoms with van der Waals surface area (Å²) >= 11 is 0. The molecule has 0 spiro atoms. The number of alkyl halides is 3. The van der Waals surface area contributed by atoms with Crippen molar-refractivity contribution < 1.29 is 23.0 Å². The van der Waals surface area contributed by atoms with Crippen LogP contribution in [0.3, 0.4) is 0 Å². The molecule has 32 heavy (non-hydrogen) atoms. The Morgan fingerprint density at radius 3 is 2.53 bits per heavy atom. The fourth-order valence-corrected chi connectivity index (χ4v) is 5.16. The van der Waals surface area contributed by atoms with E-state index < -0.39 is 6.36 Å². The van der Waals surface area contributed by atoms with Crippen LogP contribution < -0.4 is 10.1 Å². The smallest absolute Gasteiger partial charge is 0.406 e. The van der Waals surface area contributed by atoms with Crippen molar-refractivity contribution in [3.63, 3.8) is 0 Å². The number of hydrogen-bond acceptors (Lipinski definition) is 5. The highest BCUT2D eigenvalue weighted by molar-refractivity contribution is 5.79. The van der Waals surface area contributed by atoms with Gasteiger partial charge in [-0.25, -0.2) is 4.98 Å². The Balaban J connectivity index is 1.70. The molecule has 0 amide bonds. The number of nitrogens with zero attached hydrogens (tertiary/aromatic N) is 3. The van der Waals surface area contributed by atoms with Crippen LogP contribution in [0.25, 0.3) is 11.0 Å². The Kier molecular flexibility index (Phi) is 5.56. The van der Waals surface area contributed by atoms with Gasteiger partial charge in [0.15, 0.2) is 0 Å². The molecule has 2 atom stereocenters. The second kappa shape index (κ2) is 7.95. The number of benzene rings is 1. The molecule has 1 aliphatic carbocycles. The van der Waals surface area contributed by atoms with Gasteiger partial charge in [0.25, 0.3) is 0 Å². The number of pyridine rings is 1. The zero-order chi connectivity index (χ0) is 23.1. The van der Waals surface area contributed by atoms with E-state index in [9.17, 15) is 18.3 Å². The summed E-state index contributed by atoms with van der Waals surface area (Å²) in [6.45, 7) is 6.62. The largest absolute Gasteiger partial charge is 0.573 e. The maximum atomic E-state index is 12.4. The van der Waals surface area contributed by atoms with Crippen molar-refractivity contribution >= 4 is 22.7 Å². The van der Waals surface area contributed by atoms with Crippen molar-refractivity contribution in [2.45, 2.75) is 52.4 Å². The summed E-state index contributed by atoms with van der Waals surface area (Å²) in [4.78, 5) is 8.87. The predicted octanol–water partition coefficient (Wildman–Crippen LogP) is 5.82. The highest BCUT2D eigenvalue weighted by Gasteiger charge is 2.42. The lowest BCUT2D eigenvalue weighted by Gasteiger charge is -2.46. The maximum Gasteiger partial charge on any atom is 0.573 e. The zero-order valence-electron chi connectivity index (χ0n) is 18.3. The average molecular weight is 448 g/mol. The Morgan fingerprint density at radius 1 is 1.16 bits per heavy atom. The van der Waals surface area contributed by atoms with Gasteiger partial charge in [0.2, 0.25) is 5.95 Å². The van der Waals surface area contributed by atoms with Gasteiger partial charge in [-0.1, -0.05) is 20.8 Å². The molecule has 0 unspecified atom stereocenters. The number of aromatic nitrogens is 3. The van der Waals surface area contributed by atoms with E-state index in [1.807, 2.05) is 6.07 Å². The predicted molar refractivity (Wildman–Crippen MR) is 116 cm³/mol. The lowest BCUT2D eigenvalue weighted by Crippen LogP contribution is -2.39. The Morgan fingerprint density at radius 2 is 1.88 bits per heavy atom. The lowest BCUT2D eigenvalue weighted by molar-refractivity contribution is -0.274. The first-order chi connectivity index (χ1) is 15.0. The van der Waals surface area contributed by atoms with E-state index >= 15 is 0 Å². The summed E-state index contributed by atoms with van der Waals surface area (Å²) in [7, 11) is 0. The van der Waals surface area contributed by atoms with Crippen LogP contribution in [0.5, 0.6) is 5.75 Å². The topological polar surface area (TPSA) is 72.2 Å². The highest BCUT2D eigenvalue weighted by Crippen LogP contribution is 2.51. The van der Waals surface area contributed by atoms with E-state index in [-0.39, 0.29) is 29.2 Å². The minimum atomic E-state index is -4.73. The van der Waals surface area contributed by atoms with Crippen LogP contribution in [-0.4, -0.2) is 32.6 Å². The summed E-state index contributed by atoms with van der Waals surface area (Å²) in [5.41, 5.74) is 2.04. The normalized spacial score (nSPS) is 23.3. The number of aliphatic hydroxyl groups excluding tert-OH is 1. The molecule has 2 aromatic heterocycles. The summed E-state index contributed by atoms with van der Waals surface area (Å²) in [5.74, 6) is 0.300. The maximum absolute atomic E-state index is 12.4. The van der Waals surface area contributed by atoms with Crippen LogP contribution in [0.2, 0.25) is 0 Å². The number of fused-ring (bicyclic) bond motifs is 1. The van der Waals surface area contributed by atoms with Crippen molar-refractivity contribution in [3.05, 3.63) is 42.7 Å². The number of rotatable bonds is 5. The van der Waals surface area contributed by atoms with Crippen LogP contribution in [-0.2, 0) is 0 Å². The third kappa shape index (κ3) is 4.82. The monoisotopic (exact) mass is 448 g/mol. The Labute approximate surface area is 184 Å². The summed E-state index contributed by atoms with van der Waals surface area (Å²) in [6.07, 6.45) is 1.29. The number of nitrogens with one attached hydrogen (secondary N) is 1. The van der Waals surface area contributed by atoms with Gasteiger partial charge in [0, 0.05) is 24.5 Å². The molecule has 9 heteroatoms. The quantitative estimate of drug-likeness (QED) is 0.514. The molecule has 6 nitrogen and oxygen atoms in total. The molecular formula is C23H27F3N4O2. The molecule has 0 saturated heterocycles. The molecule has 0 aliphatic heterocycles. The third-order valence-electron chi connectivity index (χ3n) is 6.00. The van der Waals surface area contributed by atoms with Crippen LogP contribution in [0.4, 0.5) is 24.8 Å². The van der Waals surface area contributed by atoms with E-state index in [0.717, 1.165) is 30.3 Å². The van der Waals surface area contributed by atoms with E-state index in [1.165, 1.54) is 24.3 Å². The van der Waals surface area contributed by atoms with Crippen molar-refractivity contribution in [2.75, 3.05) is 11.9 Å². The van der Waals surface area contributed by atoms with Gasteiger partial charge >= 0.3 is 6.36 Å². The first-order valence-corrected chi connectivity index (χ1v) is 10.5. The van der Waals surface area contributed by atoms with Crippen molar-refractivity contribution in [3.8, 4) is 5.75 Å². The van der Waals surface area contributed by atoms with Gasteiger partial charge in [-0.3, -0.25) is 4.98 Å². The Hall–Kier alpha value is -2.81. The van der Waals surface area contributed by atoms with Crippen LogP contribution >= 0.6 is 0 Å². The van der Waals surface area contributed by atoms with Gasteiger partial charge in [-0.2, -0.15) is 0 Å². The summed E-state index contributed by atoms with van der Waals surface area (Å²) in [5, 5.41) is 13.3. The molecule has 1 aromatic carbocycles. The zero-order valence-corrected chi connectivity index (χ0v) is 18.3. The lowest BCUT2D eigenvalue weighted by atomic mass is 9.63. The fraction of sp³-hybridized carbons (Fsp3) is 0.478. The Bertz CT molecular complexity index is 1090. The van der Waals surface area contributed by atoms with Crippen molar-refractivity contribution in [1.82, 2.24) is 14.5 Å². The summed E-state index contributed by atoms with van der Waals surface area (Å²) in [6, 6.07) is 7.55. The number of aliphatic hydroxyl groups is 1. The number of hydrogen-bond donors (Lipinski definition) is 2. The van der Waals surface area contributed by atoms with E-state index in [0.29, 0.717) is 11.6 Å². The molecule has 2 heterocycles. The minimum Gasteiger partial charge on any atom is -0.406 e. The van der Waals surface area contributed by atoms with Gasteiger partial charge in [0.1, 0.15) is 11.3 Å². The van der Waals surface area contributed by atoms with E-state index in [2.05, 4.69) is 40.4 Å². The molecule has 3 aromatic rings. The molecule has 1 saturated carbocycles.